The molecule has 5 nitrogen and oxygen atoms in total. The SMILES string of the molecule is Cc1cc([N+](=O)[O-])c(Cl)cc1NCC1CCCCC1CO. The number of anilines is 1. The Labute approximate surface area is 129 Å². The van der Waals surface area contributed by atoms with Crippen molar-refractivity contribution in [2.24, 2.45) is 11.8 Å². The van der Waals surface area contributed by atoms with Crippen LogP contribution in [0, 0.1) is 28.9 Å². The van der Waals surface area contributed by atoms with Crippen molar-refractivity contribution in [3.8, 4) is 0 Å². The van der Waals surface area contributed by atoms with Crippen LogP contribution in [0.2, 0.25) is 5.02 Å². The average molecular weight is 313 g/mol. The largest absolute Gasteiger partial charge is 0.396 e. The quantitative estimate of drug-likeness (QED) is 0.641. The number of aliphatic hydroxyl groups is 1. The number of nitro benzene ring substituents is 1. The first-order chi connectivity index (χ1) is 10.0. The molecule has 116 valence electrons. The number of benzene rings is 1. The molecule has 0 heterocycles. The van der Waals surface area contributed by atoms with Gasteiger partial charge in [-0.2, -0.15) is 0 Å². The molecule has 0 aromatic heterocycles. The maximum absolute atomic E-state index is 10.8. The van der Waals surface area contributed by atoms with Gasteiger partial charge in [-0.3, -0.25) is 10.1 Å². The third kappa shape index (κ3) is 3.86. The molecule has 0 saturated heterocycles. The zero-order chi connectivity index (χ0) is 15.4. The van der Waals surface area contributed by atoms with E-state index in [1.807, 2.05) is 6.92 Å². The van der Waals surface area contributed by atoms with Crippen LogP contribution in [0.5, 0.6) is 0 Å². The van der Waals surface area contributed by atoms with Crippen LogP contribution in [0.15, 0.2) is 12.1 Å². The Balaban J connectivity index is 2.06. The Morgan fingerprint density at radius 3 is 2.67 bits per heavy atom. The predicted octanol–water partition coefficient (Wildman–Crippen LogP) is 3.77. The van der Waals surface area contributed by atoms with Crippen molar-refractivity contribution in [3.63, 3.8) is 0 Å². The second-order valence-electron chi connectivity index (χ2n) is 5.74. The van der Waals surface area contributed by atoms with Crippen molar-refractivity contribution < 1.29 is 10.0 Å². The van der Waals surface area contributed by atoms with Gasteiger partial charge < -0.3 is 10.4 Å². The molecular formula is C15H21ClN2O3. The number of aliphatic hydroxyl groups excluding tert-OH is 1. The van der Waals surface area contributed by atoms with Crippen molar-refractivity contribution >= 4 is 23.0 Å². The summed E-state index contributed by atoms with van der Waals surface area (Å²) in [5.41, 5.74) is 1.57. The van der Waals surface area contributed by atoms with E-state index in [-0.39, 0.29) is 17.3 Å². The molecule has 0 radical (unpaired) electrons. The van der Waals surface area contributed by atoms with Crippen LogP contribution < -0.4 is 5.32 Å². The topological polar surface area (TPSA) is 75.4 Å². The first kappa shape index (κ1) is 16.0. The second-order valence-corrected chi connectivity index (χ2v) is 6.15. The number of halogens is 1. The maximum Gasteiger partial charge on any atom is 0.288 e. The van der Waals surface area contributed by atoms with E-state index in [0.717, 1.165) is 30.6 Å². The monoisotopic (exact) mass is 312 g/mol. The van der Waals surface area contributed by atoms with Gasteiger partial charge in [-0.25, -0.2) is 0 Å². The second kappa shape index (κ2) is 7.09. The summed E-state index contributed by atoms with van der Waals surface area (Å²) in [4.78, 5) is 10.4. The van der Waals surface area contributed by atoms with Gasteiger partial charge in [0.15, 0.2) is 0 Å². The van der Waals surface area contributed by atoms with Crippen LogP contribution in [0.4, 0.5) is 11.4 Å². The fourth-order valence-corrected chi connectivity index (χ4v) is 3.26. The smallest absolute Gasteiger partial charge is 0.288 e. The van der Waals surface area contributed by atoms with Crippen LogP contribution >= 0.6 is 11.6 Å². The fourth-order valence-electron chi connectivity index (χ4n) is 3.03. The summed E-state index contributed by atoms with van der Waals surface area (Å²) >= 11 is 5.95. The predicted molar refractivity (Wildman–Crippen MR) is 83.9 cm³/mol. The number of nitrogens with zero attached hydrogens (tertiary/aromatic N) is 1. The van der Waals surface area contributed by atoms with Gasteiger partial charge in [0.25, 0.3) is 5.69 Å². The van der Waals surface area contributed by atoms with Crippen molar-refractivity contribution in [1.29, 1.82) is 0 Å². The highest BCUT2D eigenvalue weighted by Crippen LogP contribution is 2.33. The van der Waals surface area contributed by atoms with E-state index < -0.39 is 4.92 Å². The summed E-state index contributed by atoms with van der Waals surface area (Å²) < 4.78 is 0. The van der Waals surface area contributed by atoms with Gasteiger partial charge in [0.1, 0.15) is 5.02 Å². The number of rotatable bonds is 5. The van der Waals surface area contributed by atoms with Gasteiger partial charge in [-0.15, -0.1) is 0 Å². The van der Waals surface area contributed by atoms with Crippen LogP contribution in [-0.4, -0.2) is 23.2 Å². The molecule has 1 aliphatic carbocycles. The molecule has 1 aliphatic rings. The Kier molecular flexibility index (Phi) is 5.42. The highest BCUT2D eigenvalue weighted by molar-refractivity contribution is 6.33. The minimum Gasteiger partial charge on any atom is -0.396 e. The number of aryl methyl sites for hydroxylation is 1. The van der Waals surface area contributed by atoms with Crippen LogP contribution in [0.25, 0.3) is 0 Å². The van der Waals surface area contributed by atoms with E-state index >= 15 is 0 Å². The highest BCUT2D eigenvalue weighted by atomic mass is 35.5. The molecule has 0 amide bonds. The lowest BCUT2D eigenvalue weighted by molar-refractivity contribution is -0.384. The summed E-state index contributed by atoms with van der Waals surface area (Å²) in [5.74, 6) is 0.789. The maximum atomic E-state index is 10.8. The van der Waals surface area contributed by atoms with Crippen LogP contribution in [0.1, 0.15) is 31.2 Å². The van der Waals surface area contributed by atoms with E-state index in [1.165, 1.54) is 18.9 Å². The van der Waals surface area contributed by atoms with Gasteiger partial charge in [-0.05, 0) is 43.2 Å². The van der Waals surface area contributed by atoms with Crippen LogP contribution in [-0.2, 0) is 0 Å². The van der Waals surface area contributed by atoms with Gasteiger partial charge in [0.2, 0.25) is 0 Å². The van der Waals surface area contributed by atoms with Crippen molar-refractivity contribution in [2.75, 3.05) is 18.5 Å². The summed E-state index contributed by atoms with van der Waals surface area (Å²) in [6.45, 7) is 2.82. The van der Waals surface area contributed by atoms with Crippen LogP contribution in [0.3, 0.4) is 0 Å². The third-order valence-corrected chi connectivity index (χ3v) is 4.65. The van der Waals surface area contributed by atoms with E-state index in [9.17, 15) is 15.2 Å². The molecule has 2 unspecified atom stereocenters. The molecule has 2 N–H and O–H groups in total. The third-order valence-electron chi connectivity index (χ3n) is 4.35. The molecule has 0 bridgehead atoms. The first-order valence-electron chi connectivity index (χ1n) is 7.32. The zero-order valence-corrected chi connectivity index (χ0v) is 12.9. The summed E-state index contributed by atoms with van der Waals surface area (Å²) in [5, 5.41) is 23.8. The fraction of sp³-hybridized carbons (Fsp3) is 0.600. The van der Waals surface area contributed by atoms with Crippen molar-refractivity contribution in [2.45, 2.75) is 32.6 Å². The molecular weight excluding hydrogens is 292 g/mol. The Bertz CT molecular complexity index is 522. The van der Waals surface area contributed by atoms with E-state index in [2.05, 4.69) is 5.32 Å². The Hall–Kier alpha value is -1.33. The molecule has 1 aromatic carbocycles. The van der Waals surface area contributed by atoms with E-state index in [1.54, 1.807) is 6.07 Å². The summed E-state index contributed by atoms with van der Waals surface area (Å²) in [6, 6.07) is 3.11. The molecule has 2 rings (SSSR count). The molecule has 1 fully saturated rings. The minimum absolute atomic E-state index is 0.0642. The molecule has 6 heteroatoms. The zero-order valence-electron chi connectivity index (χ0n) is 12.1. The molecule has 0 aliphatic heterocycles. The first-order valence-corrected chi connectivity index (χ1v) is 7.70. The molecule has 1 aromatic rings. The lowest BCUT2D eigenvalue weighted by Crippen LogP contribution is -2.28. The highest BCUT2D eigenvalue weighted by Gasteiger charge is 2.24. The van der Waals surface area contributed by atoms with Gasteiger partial charge in [-0.1, -0.05) is 24.4 Å². The molecule has 21 heavy (non-hydrogen) atoms. The van der Waals surface area contributed by atoms with Crippen molar-refractivity contribution in [3.05, 3.63) is 32.8 Å². The van der Waals surface area contributed by atoms with Gasteiger partial charge in [0.05, 0.1) is 4.92 Å². The normalized spacial score (nSPS) is 22.0. The molecule has 1 saturated carbocycles. The lowest BCUT2D eigenvalue weighted by Gasteiger charge is -2.30. The lowest BCUT2D eigenvalue weighted by atomic mass is 9.79. The standard InChI is InChI=1S/C15H21ClN2O3/c1-10-6-15(18(20)21)13(16)7-14(10)17-8-11-4-2-3-5-12(11)9-19/h6-7,11-12,17,19H,2-5,8-9H2,1H3. The average Bonchev–Trinajstić information content (AvgIpc) is 2.47. The Morgan fingerprint density at radius 2 is 2.05 bits per heavy atom. The number of hydrogen-bond donors (Lipinski definition) is 2. The number of nitro groups is 1. The van der Waals surface area contributed by atoms with Crippen molar-refractivity contribution in [1.82, 2.24) is 0 Å². The Morgan fingerprint density at radius 1 is 1.38 bits per heavy atom. The van der Waals surface area contributed by atoms with E-state index in [0.29, 0.717) is 11.8 Å². The molecule has 2 atom stereocenters. The van der Waals surface area contributed by atoms with Gasteiger partial charge in [0, 0.05) is 24.9 Å². The summed E-state index contributed by atoms with van der Waals surface area (Å²) in [6.07, 6.45) is 4.56. The summed E-state index contributed by atoms with van der Waals surface area (Å²) in [7, 11) is 0. The number of hydrogen-bond acceptors (Lipinski definition) is 4. The number of nitrogens with one attached hydrogen (secondary N) is 1. The minimum atomic E-state index is -0.470. The molecule has 0 spiro atoms. The van der Waals surface area contributed by atoms with Gasteiger partial charge >= 0.3 is 0 Å². The van der Waals surface area contributed by atoms with E-state index in [4.69, 9.17) is 11.6 Å².